The number of H-pyrrole nitrogens is 1. The summed E-state index contributed by atoms with van der Waals surface area (Å²) in [5, 5.41) is 12.9. The average molecular weight is 633 g/mol. The molecule has 2 aliphatic heterocycles. The number of hydrogen-bond donors (Lipinski definition) is 3. The molecule has 2 fully saturated rings. The van der Waals surface area contributed by atoms with Crippen molar-refractivity contribution in [3.05, 3.63) is 86.1 Å². The number of aliphatic hydroxyl groups is 1. The molecule has 0 saturated carbocycles. The van der Waals surface area contributed by atoms with Gasteiger partial charge in [-0.15, -0.1) is 0 Å². The van der Waals surface area contributed by atoms with Crippen molar-refractivity contribution >= 4 is 11.6 Å². The summed E-state index contributed by atoms with van der Waals surface area (Å²) < 4.78 is 21.2. The van der Waals surface area contributed by atoms with Gasteiger partial charge in [0, 0.05) is 80.1 Å². The Hall–Kier alpha value is -3.53. The fourth-order valence-corrected chi connectivity index (χ4v) is 6.90. The molecule has 8 nitrogen and oxygen atoms in total. The third-order valence-electron chi connectivity index (χ3n) is 9.60. The molecular weight excluding hydrogens is 583 g/mol. The van der Waals surface area contributed by atoms with E-state index in [4.69, 9.17) is 4.74 Å². The predicted molar refractivity (Wildman–Crippen MR) is 181 cm³/mol. The number of benzene rings is 2. The molecule has 5 rings (SSSR count). The van der Waals surface area contributed by atoms with E-state index in [0.717, 1.165) is 60.5 Å². The van der Waals surface area contributed by atoms with Crippen molar-refractivity contribution in [3.8, 4) is 11.1 Å². The molecule has 3 N–H and O–H groups in total. The minimum absolute atomic E-state index is 0.106. The van der Waals surface area contributed by atoms with Crippen molar-refractivity contribution in [3.63, 3.8) is 0 Å². The van der Waals surface area contributed by atoms with Crippen molar-refractivity contribution in [2.24, 2.45) is 0 Å². The number of pyridine rings is 1. The van der Waals surface area contributed by atoms with E-state index in [1.165, 1.54) is 0 Å². The molecule has 46 heavy (non-hydrogen) atoms. The van der Waals surface area contributed by atoms with Crippen LogP contribution in [0.4, 0.5) is 10.1 Å². The van der Waals surface area contributed by atoms with Gasteiger partial charge in [-0.25, -0.2) is 4.39 Å². The summed E-state index contributed by atoms with van der Waals surface area (Å²) in [5.41, 5.74) is 6.45. The number of aryl methyl sites for hydroxylation is 1. The van der Waals surface area contributed by atoms with Crippen LogP contribution in [0.1, 0.15) is 90.7 Å². The summed E-state index contributed by atoms with van der Waals surface area (Å²) in [6.07, 6.45) is 2.92. The third kappa shape index (κ3) is 7.70. The molecule has 2 aliphatic rings. The van der Waals surface area contributed by atoms with Gasteiger partial charge in [0.2, 0.25) is 0 Å². The third-order valence-corrected chi connectivity index (χ3v) is 9.60. The van der Waals surface area contributed by atoms with E-state index in [0.29, 0.717) is 54.9 Å². The quantitative estimate of drug-likeness (QED) is 0.261. The minimum atomic E-state index is -0.284. The van der Waals surface area contributed by atoms with Gasteiger partial charge in [-0.1, -0.05) is 26.0 Å². The Labute approximate surface area is 272 Å². The second-order valence-electron chi connectivity index (χ2n) is 13.2. The lowest BCUT2D eigenvalue weighted by molar-refractivity contribution is 0.0787. The average Bonchev–Trinajstić information content (AvgIpc) is 3.03. The first-order valence-corrected chi connectivity index (χ1v) is 16.7. The van der Waals surface area contributed by atoms with E-state index in [1.54, 1.807) is 6.07 Å². The van der Waals surface area contributed by atoms with E-state index < -0.39 is 0 Å². The second kappa shape index (κ2) is 14.9. The zero-order chi connectivity index (χ0) is 33.0. The maximum absolute atomic E-state index is 15.6. The Bertz CT molecular complexity index is 1590. The highest BCUT2D eigenvalue weighted by molar-refractivity contribution is 5.99. The molecule has 0 radical (unpaired) electrons. The topological polar surface area (TPSA) is 97.9 Å². The van der Waals surface area contributed by atoms with E-state index in [-0.39, 0.29) is 41.9 Å². The molecule has 1 amide bonds. The van der Waals surface area contributed by atoms with Gasteiger partial charge in [0.15, 0.2) is 0 Å². The Morgan fingerprint density at radius 3 is 2.46 bits per heavy atom. The Morgan fingerprint density at radius 2 is 1.80 bits per heavy atom. The first-order valence-electron chi connectivity index (χ1n) is 16.7. The number of piperidine rings is 1. The summed E-state index contributed by atoms with van der Waals surface area (Å²) >= 11 is 0. The largest absolute Gasteiger partial charge is 0.393 e. The molecule has 2 saturated heterocycles. The first-order chi connectivity index (χ1) is 22.0. The molecule has 9 heteroatoms. The van der Waals surface area contributed by atoms with Crippen molar-refractivity contribution in [1.82, 2.24) is 15.2 Å². The van der Waals surface area contributed by atoms with Crippen molar-refractivity contribution in [2.45, 2.75) is 91.5 Å². The number of carbonyl (C=O) groups is 1. The lowest BCUT2D eigenvalue weighted by Crippen LogP contribution is -2.40. The summed E-state index contributed by atoms with van der Waals surface area (Å²) in [6, 6.07) is 11.5. The molecule has 0 bridgehead atoms. The molecule has 248 valence electrons. The van der Waals surface area contributed by atoms with Gasteiger partial charge >= 0.3 is 0 Å². The van der Waals surface area contributed by atoms with Crippen LogP contribution < -0.4 is 15.8 Å². The molecule has 0 atom stereocenters. The standard InChI is InChI=1S/C37H49FN4O4/c1-6-42(29-11-15-46-16-12-29)35-20-28(26-7-8-27(34(38)19-26)22-41-13-9-30(43)10-14-41)18-32(25(35)5)36(44)39-21-33-31(23(2)3)17-24(4)40-37(33)45/h7-8,17-20,23,29-30,43H,6,9-16,21-22H2,1-5H3,(H,39,44)(H,40,45). The maximum Gasteiger partial charge on any atom is 0.253 e. The van der Waals surface area contributed by atoms with E-state index >= 15 is 4.39 Å². The van der Waals surface area contributed by atoms with E-state index in [1.807, 2.05) is 52.0 Å². The normalized spacial score (nSPS) is 16.6. The SMILES string of the molecule is CCN(c1cc(-c2ccc(CN3CCC(O)CC3)c(F)c2)cc(C(=O)NCc2c(C(C)C)cc(C)[nH]c2=O)c1C)C1CCOCC1. The fourth-order valence-electron chi connectivity index (χ4n) is 6.90. The van der Waals surface area contributed by atoms with Gasteiger partial charge in [-0.2, -0.15) is 0 Å². The van der Waals surface area contributed by atoms with E-state index in [9.17, 15) is 14.7 Å². The number of amides is 1. The van der Waals surface area contributed by atoms with Crippen molar-refractivity contribution in [1.29, 1.82) is 0 Å². The molecule has 3 aromatic rings. The molecular formula is C37H49FN4O4. The summed E-state index contributed by atoms with van der Waals surface area (Å²) in [6.45, 7) is 14.3. The van der Waals surface area contributed by atoms with Gasteiger partial charge in [0.1, 0.15) is 5.82 Å². The summed E-state index contributed by atoms with van der Waals surface area (Å²) in [4.78, 5) is 34.2. The van der Waals surface area contributed by atoms with Crippen LogP contribution in [0.5, 0.6) is 0 Å². The zero-order valence-corrected chi connectivity index (χ0v) is 27.9. The summed E-state index contributed by atoms with van der Waals surface area (Å²) in [5.74, 6) is -0.433. The number of ether oxygens (including phenoxy) is 1. The van der Waals surface area contributed by atoms with Crippen LogP contribution in [0, 0.1) is 19.7 Å². The number of halogens is 1. The molecule has 0 unspecified atom stereocenters. The number of hydrogen-bond acceptors (Lipinski definition) is 6. The highest BCUT2D eigenvalue weighted by atomic mass is 19.1. The number of aliphatic hydroxyl groups excluding tert-OH is 1. The van der Waals surface area contributed by atoms with Crippen LogP contribution in [0.2, 0.25) is 0 Å². The molecule has 0 spiro atoms. The van der Waals surface area contributed by atoms with Crippen LogP contribution in [0.25, 0.3) is 11.1 Å². The molecule has 0 aliphatic carbocycles. The van der Waals surface area contributed by atoms with Gasteiger partial charge in [-0.05, 0) is 98.9 Å². The van der Waals surface area contributed by atoms with Crippen molar-refractivity contribution < 1.29 is 19.0 Å². The van der Waals surface area contributed by atoms with Gasteiger partial charge in [0.05, 0.1) is 6.10 Å². The van der Waals surface area contributed by atoms with E-state index in [2.05, 4.69) is 33.1 Å². The highest BCUT2D eigenvalue weighted by Crippen LogP contribution is 2.35. The number of nitrogens with one attached hydrogen (secondary N) is 2. The lowest BCUT2D eigenvalue weighted by Gasteiger charge is -2.37. The van der Waals surface area contributed by atoms with Crippen LogP contribution >= 0.6 is 0 Å². The van der Waals surface area contributed by atoms with Crippen LogP contribution in [-0.2, 0) is 17.8 Å². The summed E-state index contributed by atoms with van der Waals surface area (Å²) in [7, 11) is 0. The Kier molecular flexibility index (Phi) is 11.0. The lowest BCUT2D eigenvalue weighted by atomic mass is 9.94. The number of anilines is 1. The van der Waals surface area contributed by atoms with Gasteiger partial charge in [0.25, 0.3) is 11.5 Å². The minimum Gasteiger partial charge on any atom is -0.393 e. The molecule has 3 heterocycles. The highest BCUT2D eigenvalue weighted by Gasteiger charge is 2.26. The number of rotatable bonds is 10. The maximum atomic E-state index is 15.6. The van der Waals surface area contributed by atoms with Crippen LogP contribution in [0.3, 0.4) is 0 Å². The Morgan fingerprint density at radius 1 is 1.09 bits per heavy atom. The predicted octanol–water partition coefficient (Wildman–Crippen LogP) is 5.81. The number of likely N-dealkylation sites (tertiary alicyclic amines) is 1. The molecule has 1 aromatic heterocycles. The monoisotopic (exact) mass is 632 g/mol. The second-order valence-corrected chi connectivity index (χ2v) is 13.2. The number of nitrogens with zero attached hydrogens (tertiary/aromatic N) is 2. The van der Waals surface area contributed by atoms with Gasteiger partial charge < -0.3 is 25.0 Å². The smallest absolute Gasteiger partial charge is 0.253 e. The van der Waals surface area contributed by atoms with Crippen LogP contribution in [-0.4, -0.2) is 65.9 Å². The fraction of sp³-hybridized carbons (Fsp3) is 0.514. The number of carbonyl (C=O) groups excluding carboxylic acids is 1. The Balaban J connectivity index is 1.49. The number of aromatic amines is 1. The zero-order valence-electron chi connectivity index (χ0n) is 27.9. The van der Waals surface area contributed by atoms with Crippen LogP contribution in [0.15, 0.2) is 41.2 Å². The molecule has 2 aromatic carbocycles. The first kappa shape index (κ1) is 33.8. The van der Waals surface area contributed by atoms with Gasteiger partial charge in [-0.3, -0.25) is 14.5 Å². The number of aromatic nitrogens is 1. The van der Waals surface area contributed by atoms with Crippen molar-refractivity contribution in [2.75, 3.05) is 37.7 Å².